The molecule has 1 aliphatic heterocycles. The van der Waals surface area contributed by atoms with Gasteiger partial charge in [-0.15, -0.1) is 0 Å². The molecule has 0 spiro atoms. The standard InChI is InChI=1S/C15H22ClFN2O/c1-20-10-11-4-6-19(7-5-11)15(9-18)12-2-3-13(16)14(17)8-12/h2-3,8,11,15H,4-7,9-10,18H2,1H3. The largest absolute Gasteiger partial charge is 0.384 e. The summed E-state index contributed by atoms with van der Waals surface area (Å²) in [6.07, 6.45) is 2.20. The highest BCUT2D eigenvalue weighted by Crippen LogP contribution is 2.28. The number of rotatable bonds is 5. The van der Waals surface area contributed by atoms with Crippen molar-refractivity contribution >= 4 is 11.6 Å². The van der Waals surface area contributed by atoms with Crippen LogP contribution in [0.15, 0.2) is 18.2 Å². The van der Waals surface area contributed by atoms with Gasteiger partial charge in [-0.25, -0.2) is 4.39 Å². The van der Waals surface area contributed by atoms with Crippen molar-refractivity contribution < 1.29 is 9.13 Å². The number of benzene rings is 1. The Bertz CT molecular complexity index is 436. The first kappa shape index (κ1) is 15.7. The molecule has 5 heteroatoms. The number of methoxy groups -OCH3 is 1. The summed E-state index contributed by atoms with van der Waals surface area (Å²) >= 11 is 5.73. The Labute approximate surface area is 124 Å². The number of likely N-dealkylation sites (tertiary alicyclic amines) is 1. The van der Waals surface area contributed by atoms with Gasteiger partial charge in [-0.3, -0.25) is 4.90 Å². The van der Waals surface area contributed by atoms with Crippen LogP contribution < -0.4 is 5.73 Å². The fourth-order valence-electron chi connectivity index (χ4n) is 2.88. The third kappa shape index (κ3) is 3.70. The van der Waals surface area contributed by atoms with Gasteiger partial charge in [0.1, 0.15) is 5.82 Å². The van der Waals surface area contributed by atoms with E-state index in [2.05, 4.69) is 4.90 Å². The Kier molecular flexibility index (Phi) is 5.78. The molecule has 1 unspecified atom stereocenters. The van der Waals surface area contributed by atoms with Crippen molar-refractivity contribution in [2.45, 2.75) is 18.9 Å². The molecule has 1 atom stereocenters. The van der Waals surface area contributed by atoms with E-state index in [9.17, 15) is 4.39 Å². The van der Waals surface area contributed by atoms with Crippen LogP contribution >= 0.6 is 11.6 Å². The summed E-state index contributed by atoms with van der Waals surface area (Å²) < 4.78 is 18.8. The molecule has 2 rings (SSSR count). The highest BCUT2D eigenvalue weighted by atomic mass is 35.5. The van der Waals surface area contributed by atoms with Gasteiger partial charge in [-0.05, 0) is 49.5 Å². The number of halogens is 2. The smallest absolute Gasteiger partial charge is 0.142 e. The lowest BCUT2D eigenvalue weighted by Gasteiger charge is -2.37. The van der Waals surface area contributed by atoms with E-state index >= 15 is 0 Å². The Morgan fingerprint density at radius 1 is 1.45 bits per heavy atom. The van der Waals surface area contributed by atoms with Gasteiger partial charge in [0.2, 0.25) is 0 Å². The highest BCUT2D eigenvalue weighted by molar-refractivity contribution is 6.30. The van der Waals surface area contributed by atoms with Crippen LogP contribution in [-0.2, 0) is 4.74 Å². The van der Waals surface area contributed by atoms with Crippen molar-refractivity contribution in [3.05, 3.63) is 34.6 Å². The Hall–Kier alpha value is -0.680. The Balaban J connectivity index is 2.03. The van der Waals surface area contributed by atoms with Gasteiger partial charge in [0.15, 0.2) is 0 Å². The minimum atomic E-state index is -0.378. The number of nitrogens with zero attached hydrogens (tertiary/aromatic N) is 1. The molecule has 1 heterocycles. The number of nitrogens with two attached hydrogens (primary N) is 1. The van der Waals surface area contributed by atoms with E-state index in [-0.39, 0.29) is 16.9 Å². The van der Waals surface area contributed by atoms with Crippen LogP contribution in [0.3, 0.4) is 0 Å². The third-order valence-corrected chi connectivity index (χ3v) is 4.35. The summed E-state index contributed by atoms with van der Waals surface area (Å²) in [5, 5.41) is 0.156. The van der Waals surface area contributed by atoms with Gasteiger partial charge in [-0.1, -0.05) is 17.7 Å². The lowest BCUT2D eigenvalue weighted by molar-refractivity contribution is 0.0810. The SMILES string of the molecule is COCC1CCN(C(CN)c2ccc(Cl)c(F)c2)CC1. The first-order valence-electron chi connectivity index (χ1n) is 7.03. The zero-order valence-electron chi connectivity index (χ0n) is 11.8. The zero-order valence-corrected chi connectivity index (χ0v) is 12.6. The molecular formula is C15H22ClFN2O. The van der Waals surface area contributed by atoms with Crippen LogP contribution in [0.1, 0.15) is 24.4 Å². The molecule has 1 aromatic carbocycles. The average molecular weight is 301 g/mol. The summed E-state index contributed by atoms with van der Waals surface area (Å²) in [5.74, 6) is 0.244. The quantitative estimate of drug-likeness (QED) is 0.909. The van der Waals surface area contributed by atoms with E-state index in [0.717, 1.165) is 38.1 Å². The van der Waals surface area contributed by atoms with Gasteiger partial charge >= 0.3 is 0 Å². The minimum absolute atomic E-state index is 0.0604. The summed E-state index contributed by atoms with van der Waals surface area (Å²) in [4.78, 5) is 2.33. The zero-order chi connectivity index (χ0) is 14.5. The summed E-state index contributed by atoms with van der Waals surface area (Å²) in [7, 11) is 1.74. The number of piperidine rings is 1. The van der Waals surface area contributed by atoms with Crippen molar-refractivity contribution in [3.63, 3.8) is 0 Å². The monoisotopic (exact) mass is 300 g/mol. The van der Waals surface area contributed by atoms with Crippen LogP contribution in [0, 0.1) is 11.7 Å². The molecule has 1 aromatic rings. The molecule has 1 aliphatic rings. The van der Waals surface area contributed by atoms with Crippen LogP contribution in [0.2, 0.25) is 5.02 Å². The van der Waals surface area contributed by atoms with Crippen molar-refractivity contribution in [1.29, 1.82) is 0 Å². The molecule has 0 radical (unpaired) electrons. The van der Waals surface area contributed by atoms with E-state index in [1.54, 1.807) is 13.2 Å². The molecule has 112 valence electrons. The molecular weight excluding hydrogens is 279 g/mol. The molecule has 0 amide bonds. The van der Waals surface area contributed by atoms with Gasteiger partial charge in [0.05, 0.1) is 5.02 Å². The average Bonchev–Trinajstić information content (AvgIpc) is 2.46. The maximum absolute atomic E-state index is 13.6. The second kappa shape index (κ2) is 7.36. The molecule has 2 N–H and O–H groups in total. The molecule has 1 saturated heterocycles. The van der Waals surface area contributed by atoms with Gasteiger partial charge < -0.3 is 10.5 Å². The van der Waals surface area contributed by atoms with Crippen molar-refractivity contribution in [2.75, 3.05) is 33.4 Å². The second-order valence-corrected chi connectivity index (χ2v) is 5.77. The predicted octanol–water partition coefficient (Wildman–Crippen LogP) is 2.84. The molecule has 3 nitrogen and oxygen atoms in total. The fourth-order valence-corrected chi connectivity index (χ4v) is 3.00. The summed E-state index contributed by atoms with van der Waals surface area (Å²) in [6.45, 7) is 3.24. The predicted molar refractivity (Wildman–Crippen MR) is 79.4 cm³/mol. The van der Waals surface area contributed by atoms with Gasteiger partial charge in [-0.2, -0.15) is 0 Å². The van der Waals surface area contributed by atoms with Crippen molar-refractivity contribution in [3.8, 4) is 0 Å². The fraction of sp³-hybridized carbons (Fsp3) is 0.600. The first-order valence-corrected chi connectivity index (χ1v) is 7.41. The summed E-state index contributed by atoms with van der Waals surface area (Å²) in [6, 6.07) is 5.03. The molecule has 0 aromatic heterocycles. The molecule has 20 heavy (non-hydrogen) atoms. The second-order valence-electron chi connectivity index (χ2n) is 5.36. The topological polar surface area (TPSA) is 38.5 Å². The molecule has 0 aliphatic carbocycles. The third-order valence-electron chi connectivity index (χ3n) is 4.04. The Morgan fingerprint density at radius 3 is 2.70 bits per heavy atom. The van der Waals surface area contributed by atoms with E-state index in [1.807, 2.05) is 6.07 Å². The molecule has 1 fully saturated rings. The van der Waals surface area contributed by atoms with E-state index < -0.39 is 0 Å². The minimum Gasteiger partial charge on any atom is -0.384 e. The van der Waals surface area contributed by atoms with Gasteiger partial charge in [0.25, 0.3) is 0 Å². The van der Waals surface area contributed by atoms with E-state index in [4.69, 9.17) is 22.1 Å². The maximum Gasteiger partial charge on any atom is 0.142 e. The normalized spacial score (nSPS) is 19.2. The highest BCUT2D eigenvalue weighted by Gasteiger charge is 2.25. The molecule has 0 bridgehead atoms. The lowest BCUT2D eigenvalue weighted by Crippen LogP contribution is -2.40. The lowest BCUT2D eigenvalue weighted by atomic mass is 9.95. The Morgan fingerprint density at radius 2 is 2.15 bits per heavy atom. The van der Waals surface area contributed by atoms with E-state index in [1.165, 1.54) is 6.07 Å². The van der Waals surface area contributed by atoms with E-state index in [0.29, 0.717) is 12.5 Å². The summed E-state index contributed by atoms with van der Waals surface area (Å²) in [5.41, 5.74) is 6.80. The maximum atomic E-state index is 13.6. The van der Waals surface area contributed by atoms with Crippen LogP contribution in [0.5, 0.6) is 0 Å². The number of hydrogen-bond acceptors (Lipinski definition) is 3. The molecule has 0 saturated carbocycles. The van der Waals surface area contributed by atoms with Crippen LogP contribution in [0.4, 0.5) is 4.39 Å². The van der Waals surface area contributed by atoms with Crippen molar-refractivity contribution in [2.24, 2.45) is 11.7 Å². The number of ether oxygens (including phenoxy) is 1. The first-order chi connectivity index (χ1) is 9.65. The van der Waals surface area contributed by atoms with Crippen molar-refractivity contribution in [1.82, 2.24) is 4.90 Å². The van der Waals surface area contributed by atoms with Crippen LogP contribution in [0.25, 0.3) is 0 Å². The van der Waals surface area contributed by atoms with Gasteiger partial charge in [0, 0.05) is 26.3 Å². The number of hydrogen-bond donors (Lipinski definition) is 1. The van der Waals surface area contributed by atoms with Crippen LogP contribution in [-0.4, -0.2) is 38.3 Å².